The van der Waals surface area contributed by atoms with Gasteiger partial charge < -0.3 is 25.4 Å². The average Bonchev–Trinajstić information content (AvgIpc) is 3.74. The molecule has 1 saturated carbocycles. The number of aromatic nitrogens is 1. The largest absolute Gasteiger partial charge is 0.361 e. The van der Waals surface area contributed by atoms with Gasteiger partial charge in [0.1, 0.15) is 11.9 Å². The molecule has 2 saturated heterocycles. The number of aromatic amines is 1. The lowest BCUT2D eigenvalue weighted by Crippen LogP contribution is -2.57. The molecule has 2 aliphatic heterocycles. The number of carbonyl (C=O) groups is 3. The Hall–Kier alpha value is -3.72. The van der Waals surface area contributed by atoms with Crippen molar-refractivity contribution < 1.29 is 18.8 Å². The number of likely N-dealkylation sites (tertiary alicyclic amines) is 2. The Balaban J connectivity index is 1.36. The Labute approximate surface area is 246 Å². The number of nitrogens with one attached hydrogen (secondary N) is 3. The first-order chi connectivity index (χ1) is 20.4. The molecular weight excluding hydrogens is 533 g/mol. The predicted octanol–water partition coefficient (Wildman–Crippen LogP) is 4.19. The second kappa shape index (κ2) is 11.9. The van der Waals surface area contributed by atoms with Crippen LogP contribution < -0.4 is 10.6 Å². The van der Waals surface area contributed by atoms with Gasteiger partial charge in [0, 0.05) is 41.7 Å². The lowest BCUT2D eigenvalue weighted by molar-refractivity contribution is -0.139. The summed E-state index contributed by atoms with van der Waals surface area (Å²) in [6.45, 7) is 2.76. The molecule has 3 aromatic rings. The number of rotatable bonds is 7. The Morgan fingerprint density at radius 1 is 1.00 bits per heavy atom. The van der Waals surface area contributed by atoms with Gasteiger partial charge in [-0.2, -0.15) is 0 Å². The second-order valence-corrected chi connectivity index (χ2v) is 12.1. The third kappa shape index (κ3) is 5.19. The minimum absolute atomic E-state index is 0.0479. The molecule has 6 rings (SSSR count). The summed E-state index contributed by atoms with van der Waals surface area (Å²) < 4.78 is 14.0. The SMILES string of the molecule is CN[C@@H](C)C(=O)N[C@H](C(=O)N1CC[C@@H]2[C@H]1[C@@H](c1c[nH]c3cc(F)ccc13)CN2C(=O)c1ccccc1)C1CCCCC1. The number of halogens is 1. The van der Waals surface area contributed by atoms with E-state index in [1.807, 2.05) is 46.3 Å². The van der Waals surface area contributed by atoms with Crippen LogP contribution in [0.5, 0.6) is 0 Å². The van der Waals surface area contributed by atoms with Crippen LogP contribution in [0.3, 0.4) is 0 Å². The van der Waals surface area contributed by atoms with Crippen LogP contribution >= 0.6 is 0 Å². The minimum Gasteiger partial charge on any atom is -0.361 e. The zero-order valence-corrected chi connectivity index (χ0v) is 24.3. The Morgan fingerprint density at radius 3 is 2.50 bits per heavy atom. The third-order valence-corrected chi connectivity index (χ3v) is 9.78. The Morgan fingerprint density at radius 2 is 1.76 bits per heavy atom. The van der Waals surface area contributed by atoms with E-state index >= 15 is 0 Å². The number of hydrogen-bond donors (Lipinski definition) is 3. The highest BCUT2D eigenvalue weighted by atomic mass is 19.1. The monoisotopic (exact) mass is 573 g/mol. The number of H-pyrrole nitrogens is 1. The number of benzene rings is 2. The van der Waals surface area contributed by atoms with Crippen molar-refractivity contribution in [1.82, 2.24) is 25.4 Å². The van der Waals surface area contributed by atoms with Crippen molar-refractivity contribution in [2.45, 2.75) is 75.5 Å². The van der Waals surface area contributed by atoms with Crippen molar-refractivity contribution in [1.29, 1.82) is 0 Å². The molecule has 42 heavy (non-hydrogen) atoms. The van der Waals surface area contributed by atoms with Gasteiger partial charge >= 0.3 is 0 Å². The summed E-state index contributed by atoms with van der Waals surface area (Å²) >= 11 is 0. The predicted molar refractivity (Wildman–Crippen MR) is 159 cm³/mol. The Bertz CT molecular complexity index is 1450. The number of hydrogen-bond acceptors (Lipinski definition) is 4. The van der Waals surface area contributed by atoms with Crippen LogP contribution in [0.15, 0.2) is 54.7 Å². The molecule has 3 heterocycles. The summed E-state index contributed by atoms with van der Waals surface area (Å²) in [4.78, 5) is 48.5. The highest BCUT2D eigenvalue weighted by Crippen LogP contribution is 2.44. The fourth-order valence-corrected chi connectivity index (χ4v) is 7.46. The van der Waals surface area contributed by atoms with Crippen molar-refractivity contribution in [3.8, 4) is 0 Å². The zero-order chi connectivity index (χ0) is 29.4. The highest BCUT2D eigenvalue weighted by molar-refractivity contribution is 5.95. The van der Waals surface area contributed by atoms with E-state index in [4.69, 9.17) is 0 Å². The maximum atomic E-state index is 14.5. The molecule has 3 amide bonds. The van der Waals surface area contributed by atoms with E-state index in [1.165, 1.54) is 12.1 Å². The van der Waals surface area contributed by atoms with Crippen molar-refractivity contribution in [3.63, 3.8) is 0 Å². The molecule has 0 bridgehead atoms. The smallest absolute Gasteiger partial charge is 0.254 e. The molecule has 8 nitrogen and oxygen atoms in total. The summed E-state index contributed by atoms with van der Waals surface area (Å²) in [5, 5.41) is 7.00. The Kier molecular flexibility index (Phi) is 8.03. The zero-order valence-electron chi connectivity index (χ0n) is 24.3. The first kappa shape index (κ1) is 28.4. The number of fused-ring (bicyclic) bond motifs is 2. The van der Waals surface area contributed by atoms with Crippen LogP contribution in [0.2, 0.25) is 0 Å². The lowest BCUT2D eigenvalue weighted by Gasteiger charge is -2.36. The maximum absolute atomic E-state index is 14.5. The quantitative estimate of drug-likeness (QED) is 0.395. The van der Waals surface area contributed by atoms with Gasteiger partial charge in [0.25, 0.3) is 5.91 Å². The van der Waals surface area contributed by atoms with Crippen LogP contribution in [0.1, 0.15) is 67.3 Å². The van der Waals surface area contributed by atoms with Crippen LogP contribution in [-0.2, 0) is 9.59 Å². The minimum atomic E-state index is -0.607. The van der Waals surface area contributed by atoms with Gasteiger partial charge in [-0.25, -0.2) is 4.39 Å². The number of nitrogens with zero attached hydrogens (tertiary/aromatic N) is 2. The van der Waals surface area contributed by atoms with E-state index in [2.05, 4.69) is 15.6 Å². The lowest BCUT2D eigenvalue weighted by atomic mass is 9.82. The molecule has 1 aromatic heterocycles. The third-order valence-electron chi connectivity index (χ3n) is 9.78. The highest BCUT2D eigenvalue weighted by Gasteiger charge is 2.54. The average molecular weight is 574 g/mol. The van der Waals surface area contributed by atoms with Crippen molar-refractivity contribution in [2.24, 2.45) is 5.92 Å². The summed E-state index contributed by atoms with van der Waals surface area (Å²) in [6, 6.07) is 12.5. The molecule has 5 atom stereocenters. The van der Waals surface area contributed by atoms with Gasteiger partial charge in [0.15, 0.2) is 0 Å². The van der Waals surface area contributed by atoms with Crippen LogP contribution in [-0.4, -0.2) is 76.8 Å². The first-order valence-electron chi connectivity index (χ1n) is 15.3. The van der Waals surface area contributed by atoms with Crippen LogP contribution in [0.4, 0.5) is 4.39 Å². The molecule has 3 N–H and O–H groups in total. The summed E-state index contributed by atoms with van der Waals surface area (Å²) in [5.74, 6) is -0.687. The van der Waals surface area contributed by atoms with Crippen LogP contribution in [0, 0.1) is 11.7 Å². The molecule has 1 aliphatic carbocycles. The van der Waals surface area contributed by atoms with E-state index in [1.54, 1.807) is 20.0 Å². The van der Waals surface area contributed by atoms with E-state index in [9.17, 15) is 18.8 Å². The van der Waals surface area contributed by atoms with Gasteiger partial charge in [-0.3, -0.25) is 14.4 Å². The molecule has 3 fully saturated rings. The molecule has 0 spiro atoms. The van der Waals surface area contributed by atoms with E-state index in [0.29, 0.717) is 30.6 Å². The second-order valence-electron chi connectivity index (χ2n) is 12.1. The van der Waals surface area contributed by atoms with Gasteiger partial charge in [0.05, 0.1) is 18.1 Å². The molecule has 222 valence electrons. The molecular formula is C33H40FN5O3. The standard InChI is InChI=1S/C33H40FN5O3/c1-20(35-2)31(40)37-29(21-9-5-3-6-10-21)33(42)38-16-15-28-30(38)26(19-39(28)32(41)22-11-7-4-8-12-22)25-18-36-27-17-23(34)13-14-24(25)27/h4,7-8,11-14,17-18,20-21,26,28-30,35-36H,3,5-6,9-10,15-16,19H2,1-2H3,(H,37,40)/t20-,26+,28+,29-,30+/m0/s1. The van der Waals surface area contributed by atoms with Crippen molar-refractivity contribution in [3.05, 3.63) is 71.7 Å². The van der Waals surface area contributed by atoms with Crippen molar-refractivity contribution >= 4 is 28.6 Å². The number of amides is 3. The molecule has 3 aliphatic rings. The van der Waals surface area contributed by atoms with Gasteiger partial charge in [-0.1, -0.05) is 37.5 Å². The summed E-state index contributed by atoms with van der Waals surface area (Å²) in [6.07, 6.45) is 7.62. The number of likely N-dealkylation sites (N-methyl/N-ethyl adjacent to an activating group) is 1. The topological polar surface area (TPSA) is 97.5 Å². The van der Waals surface area contributed by atoms with Crippen molar-refractivity contribution in [2.75, 3.05) is 20.1 Å². The normalized spacial score (nSPS) is 24.0. The van der Waals surface area contributed by atoms with Gasteiger partial charge in [0.2, 0.25) is 11.8 Å². The molecule has 2 aromatic carbocycles. The molecule has 0 radical (unpaired) electrons. The van der Waals surface area contributed by atoms with E-state index < -0.39 is 12.1 Å². The fourth-order valence-electron chi connectivity index (χ4n) is 7.46. The molecule has 0 unspecified atom stereocenters. The fraction of sp³-hybridized carbons (Fsp3) is 0.485. The van der Waals surface area contributed by atoms with Crippen LogP contribution in [0.25, 0.3) is 10.9 Å². The molecule has 9 heteroatoms. The van der Waals surface area contributed by atoms with E-state index in [-0.39, 0.29) is 47.5 Å². The van der Waals surface area contributed by atoms with E-state index in [0.717, 1.165) is 43.1 Å². The maximum Gasteiger partial charge on any atom is 0.254 e. The summed E-state index contributed by atoms with van der Waals surface area (Å²) in [7, 11) is 1.74. The first-order valence-corrected chi connectivity index (χ1v) is 15.3. The summed E-state index contributed by atoms with van der Waals surface area (Å²) in [5.41, 5.74) is 2.29. The van der Waals surface area contributed by atoms with Gasteiger partial charge in [-0.05, 0) is 75.0 Å². The van der Waals surface area contributed by atoms with Gasteiger partial charge in [-0.15, -0.1) is 0 Å². The number of carbonyl (C=O) groups excluding carboxylic acids is 3.